The molecule has 0 aromatic heterocycles. The van der Waals surface area contributed by atoms with Gasteiger partial charge in [-0.1, -0.05) is 0 Å². The van der Waals surface area contributed by atoms with Gasteiger partial charge in [0.1, 0.15) is 17.6 Å². The second-order valence-corrected chi connectivity index (χ2v) is 4.46. The second kappa shape index (κ2) is 5.77. The number of halogens is 1. The Bertz CT molecular complexity index is 535. The number of nitrogens with one attached hydrogen (secondary N) is 1. The first kappa shape index (κ1) is 14.1. The number of amides is 2. The topological polar surface area (TPSA) is 78.9 Å². The highest BCUT2D eigenvalue weighted by atomic mass is 19.1. The van der Waals surface area contributed by atoms with Crippen LogP contribution in [0.1, 0.15) is 12.8 Å². The van der Waals surface area contributed by atoms with Crippen LogP contribution in [0.25, 0.3) is 0 Å². The van der Waals surface area contributed by atoms with Crippen LogP contribution < -0.4 is 10.1 Å². The Morgan fingerprint density at radius 1 is 1.50 bits per heavy atom. The van der Waals surface area contributed by atoms with Crippen LogP contribution in [-0.2, 0) is 4.79 Å². The molecule has 0 radical (unpaired) electrons. The monoisotopic (exact) mass is 282 g/mol. The minimum atomic E-state index is -1.02. The number of carboxylic acids is 1. The van der Waals surface area contributed by atoms with Crippen molar-refractivity contribution in [2.24, 2.45) is 0 Å². The Hall–Kier alpha value is -2.31. The van der Waals surface area contributed by atoms with Crippen molar-refractivity contribution in [3.8, 4) is 5.75 Å². The summed E-state index contributed by atoms with van der Waals surface area (Å²) in [5, 5.41) is 11.6. The van der Waals surface area contributed by atoms with Crippen LogP contribution in [0.2, 0.25) is 0 Å². The molecule has 1 heterocycles. The van der Waals surface area contributed by atoms with Gasteiger partial charge in [-0.15, -0.1) is 0 Å². The lowest BCUT2D eigenvalue weighted by atomic mass is 10.2. The molecule has 7 heteroatoms. The van der Waals surface area contributed by atoms with Gasteiger partial charge in [0.25, 0.3) is 0 Å². The van der Waals surface area contributed by atoms with E-state index in [9.17, 15) is 14.0 Å². The Labute approximate surface area is 115 Å². The molecular weight excluding hydrogens is 267 g/mol. The molecule has 0 unspecified atom stereocenters. The van der Waals surface area contributed by atoms with Crippen LogP contribution in [0.5, 0.6) is 5.75 Å². The van der Waals surface area contributed by atoms with Gasteiger partial charge in [-0.05, 0) is 25.0 Å². The van der Waals surface area contributed by atoms with Crippen molar-refractivity contribution in [3.63, 3.8) is 0 Å². The maximum atomic E-state index is 13.1. The van der Waals surface area contributed by atoms with Crippen molar-refractivity contribution in [2.45, 2.75) is 18.9 Å². The molecule has 2 amide bonds. The highest BCUT2D eigenvalue weighted by molar-refractivity contribution is 5.93. The molecule has 1 aliphatic heterocycles. The van der Waals surface area contributed by atoms with Gasteiger partial charge in [-0.25, -0.2) is 14.0 Å². The van der Waals surface area contributed by atoms with Crippen molar-refractivity contribution in [1.29, 1.82) is 0 Å². The Morgan fingerprint density at radius 3 is 2.90 bits per heavy atom. The summed E-state index contributed by atoms with van der Waals surface area (Å²) < 4.78 is 18.0. The molecule has 0 aliphatic carbocycles. The third-order valence-corrected chi connectivity index (χ3v) is 3.20. The lowest BCUT2D eigenvalue weighted by molar-refractivity contribution is -0.141. The van der Waals surface area contributed by atoms with Gasteiger partial charge in [0, 0.05) is 12.6 Å². The van der Waals surface area contributed by atoms with Crippen molar-refractivity contribution < 1.29 is 23.8 Å². The third-order valence-electron chi connectivity index (χ3n) is 3.20. The van der Waals surface area contributed by atoms with E-state index in [0.717, 1.165) is 6.07 Å². The summed E-state index contributed by atoms with van der Waals surface area (Å²) in [6, 6.07) is 2.37. The molecule has 2 rings (SSSR count). The number of carboxylic acid groups (broad SMARTS) is 1. The molecular formula is C13H15FN2O4. The number of aliphatic carboxylic acids is 1. The molecule has 1 aliphatic rings. The van der Waals surface area contributed by atoms with Gasteiger partial charge in [-0.3, -0.25) is 0 Å². The fourth-order valence-corrected chi connectivity index (χ4v) is 2.22. The molecule has 6 nitrogen and oxygen atoms in total. The van der Waals surface area contributed by atoms with Crippen molar-refractivity contribution in [1.82, 2.24) is 4.90 Å². The smallest absolute Gasteiger partial charge is 0.326 e. The van der Waals surface area contributed by atoms with Gasteiger partial charge in [0.05, 0.1) is 12.8 Å². The van der Waals surface area contributed by atoms with E-state index in [1.165, 1.54) is 24.1 Å². The number of urea groups is 1. The van der Waals surface area contributed by atoms with Crippen LogP contribution in [0, 0.1) is 5.82 Å². The third kappa shape index (κ3) is 2.81. The number of nitrogens with zero attached hydrogens (tertiary/aromatic N) is 1. The van der Waals surface area contributed by atoms with Crippen molar-refractivity contribution in [2.75, 3.05) is 19.0 Å². The molecule has 1 aromatic carbocycles. The van der Waals surface area contributed by atoms with Gasteiger partial charge in [-0.2, -0.15) is 0 Å². The highest BCUT2D eigenvalue weighted by Crippen LogP contribution is 2.26. The number of carbonyl (C=O) groups is 2. The summed E-state index contributed by atoms with van der Waals surface area (Å²) in [5.41, 5.74) is 0.301. The maximum Gasteiger partial charge on any atom is 0.326 e. The molecule has 0 bridgehead atoms. The van der Waals surface area contributed by atoms with Crippen LogP contribution in [0.15, 0.2) is 18.2 Å². The number of carbonyl (C=O) groups excluding carboxylic acids is 1. The minimum absolute atomic E-state index is 0.185. The van der Waals surface area contributed by atoms with Crippen LogP contribution in [0.3, 0.4) is 0 Å². The summed E-state index contributed by atoms with van der Waals surface area (Å²) in [5.74, 6) is -1.32. The highest BCUT2D eigenvalue weighted by Gasteiger charge is 2.34. The number of rotatable bonds is 3. The molecule has 1 fully saturated rings. The normalized spacial score (nSPS) is 17.9. The number of benzene rings is 1. The molecule has 2 N–H and O–H groups in total. The Balaban J connectivity index is 2.13. The number of hydrogen-bond donors (Lipinski definition) is 2. The summed E-state index contributed by atoms with van der Waals surface area (Å²) in [7, 11) is 1.36. The number of methoxy groups -OCH3 is 1. The van der Waals surface area contributed by atoms with Crippen molar-refractivity contribution >= 4 is 17.7 Å². The molecule has 1 saturated heterocycles. The molecule has 1 atom stereocenters. The van der Waals surface area contributed by atoms with Gasteiger partial charge in [0.2, 0.25) is 0 Å². The molecule has 0 saturated carbocycles. The van der Waals surface area contributed by atoms with Crippen LogP contribution in [0.4, 0.5) is 14.9 Å². The van der Waals surface area contributed by atoms with Crippen LogP contribution in [-0.4, -0.2) is 41.7 Å². The number of likely N-dealkylation sites (tertiary alicyclic amines) is 1. The van der Waals surface area contributed by atoms with Gasteiger partial charge >= 0.3 is 12.0 Å². The predicted molar refractivity (Wildman–Crippen MR) is 69.3 cm³/mol. The first-order valence-corrected chi connectivity index (χ1v) is 6.17. The number of anilines is 1. The van der Waals surface area contributed by atoms with Crippen LogP contribution >= 0.6 is 0 Å². The van der Waals surface area contributed by atoms with E-state index in [1.807, 2.05) is 0 Å². The quantitative estimate of drug-likeness (QED) is 0.887. The Kier molecular flexibility index (Phi) is 4.07. The van der Waals surface area contributed by atoms with E-state index in [4.69, 9.17) is 9.84 Å². The maximum absolute atomic E-state index is 13.1. The fraction of sp³-hybridized carbons (Fsp3) is 0.385. The predicted octanol–water partition coefficient (Wildman–Crippen LogP) is 1.92. The van der Waals surface area contributed by atoms with E-state index >= 15 is 0 Å². The standard InChI is InChI=1S/C13H15FN2O4/c1-20-11-7-8(14)4-5-9(11)15-13(19)16-6-2-3-10(16)12(17)18/h4-5,7,10H,2-3,6H2,1H3,(H,15,19)(H,17,18)/t10-/m1/s1. The average Bonchev–Trinajstić information content (AvgIpc) is 2.90. The van der Waals surface area contributed by atoms with E-state index in [1.54, 1.807) is 0 Å². The summed E-state index contributed by atoms with van der Waals surface area (Å²) in [6.45, 7) is 0.381. The van der Waals surface area contributed by atoms with E-state index in [0.29, 0.717) is 25.1 Å². The zero-order chi connectivity index (χ0) is 14.7. The SMILES string of the molecule is COc1cc(F)ccc1NC(=O)N1CCC[C@@H]1C(=O)O. The second-order valence-electron chi connectivity index (χ2n) is 4.46. The lowest BCUT2D eigenvalue weighted by Gasteiger charge is -2.22. The van der Waals surface area contributed by atoms with E-state index in [-0.39, 0.29) is 5.75 Å². The minimum Gasteiger partial charge on any atom is -0.494 e. The molecule has 0 spiro atoms. The van der Waals surface area contributed by atoms with E-state index in [2.05, 4.69) is 5.32 Å². The largest absolute Gasteiger partial charge is 0.494 e. The van der Waals surface area contributed by atoms with Gasteiger partial charge in [0.15, 0.2) is 0 Å². The lowest BCUT2D eigenvalue weighted by Crippen LogP contribution is -2.42. The fourth-order valence-electron chi connectivity index (χ4n) is 2.22. The zero-order valence-electron chi connectivity index (χ0n) is 10.9. The zero-order valence-corrected chi connectivity index (χ0v) is 10.9. The first-order chi connectivity index (χ1) is 9.52. The summed E-state index contributed by atoms with van der Waals surface area (Å²) in [6.07, 6.45) is 1.08. The Morgan fingerprint density at radius 2 is 2.25 bits per heavy atom. The molecule has 1 aromatic rings. The summed E-state index contributed by atoms with van der Waals surface area (Å²) in [4.78, 5) is 24.4. The summed E-state index contributed by atoms with van der Waals surface area (Å²) >= 11 is 0. The average molecular weight is 282 g/mol. The van der Waals surface area contributed by atoms with Gasteiger partial charge < -0.3 is 20.1 Å². The van der Waals surface area contributed by atoms with E-state index < -0.39 is 23.9 Å². The number of ether oxygens (including phenoxy) is 1. The number of hydrogen-bond acceptors (Lipinski definition) is 3. The first-order valence-electron chi connectivity index (χ1n) is 6.17. The molecule has 20 heavy (non-hydrogen) atoms. The van der Waals surface area contributed by atoms with Crippen molar-refractivity contribution in [3.05, 3.63) is 24.0 Å². The molecule has 108 valence electrons.